The largest absolute Gasteiger partial charge is 0.484 e. The Morgan fingerprint density at radius 1 is 1.31 bits per heavy atom. The molecule has 0 aliphatic rings. The predicted molar refractivity (Wildman–Crippen MR) is 92.0 cm³/mol. The minimum absolute atomic E-state index is 0.00373. The van der Waals surface area contributed by atoms with Crippen molar-refractivity contribution in [2.24, 2.45) is 0 Å². The number of aromatic nitrogens is 2. The zero-order valence-electron chi connectivity index (χ0n) is 14.4. The van der Waals surface area contributed by atoms with E-state index in [1.807, 2.05) is 25.1 Å². The van der Waals surface area contributed by atoms with Crippen LogP contribution in [0.2, 0.25) is 0 Å². The van der Waals surface area contributed by atoms with Crippen molar-refractivity contribution in [2.45, 2.75) is 19.6 Å². The van der Waals surface area contributed by atoms with Gasteiger partial charge in [0, 0.05) is 19.3 Å². The fourth-order valence-corrected chi connectivity index (χ4v) is 2.36. The Kier molecular flexibility index (Phi) is 5.26. The molecular formula is C19H18FN3O3. The Morgan fingerprint density at radius 2 is 2.15 bits per heavy atom. The maximum Gasteiger partial charge on any atom is 0.276 e. The fourth-order valence-electron chi connectivity index (χ4n) is 2.36. The van der Waals surface area contributed by atoms with Crippen molar-refractivity contribution in [3.63, 3.8) is 0 Å². The summed E-state index contributed by atoms with van der Waals surface area (Å²) in [4.78, 5) is 22.5. The van der Waals surface area contributed by atoms with Gasteiger partial charge in [0.25, 0.3) is 5.91 Å². The van der Waals surface area contributed by atoms with Crippen LogP contribution in [0.15, 0.2) is 59.3 Å². The zero-order chi connectivity index (χ0) is 18.5. The third kappa shape index (κ3) is 4.05. The van der Waals surface area contributed by atoms with E-state index >= 15 is 0 Å². The number of ether oxygens (including phenoxy) is 1. The van der Waals surface area contributed by atoms with Crippen LogP contribution < -0.4 is 4.74 Å². The van der Waals surface area contributed by atoms with Gasteiger partial charge in [-0.1, -0.05) is 12.1 Å². The van der Waals surface area contributed by atoms with E-state index in [0.717, 1.165) is 5.69 Å². The molecule has 7 heteroatoms. The second kappa shape index (κ2) is 7.77. The molecule has 134 valence electrons. The highest BCUT2D eigenvalue weighted by atomic mass is 19.1. The second-order valence-corrected chi connectivity index (χ2v) is 5.72. The third-order valence-electron chi connectivity index (χ3n) is 3.95. The number of nitrogens with zero attached hydrogens (tertiary/aromatic N) is 3. The van der Waals surface area contributed by atoms with E-state index in [1.54, 1.807) is 25.4 Å². The molecule has 0 N–H and O–H groups in total. The average molecular weight is 355 g/mol. The van der Waals surface area contributed by atoms with Gasteiger partial charge in [0.1, 0.15) is 17.8 Å². The number of amides is 1. The molecule has 1 amide bonds. The fraction of sp³-hybridized carbons (Fsp3) is 0.211. The summed E-state index contributed by atoms with van der Waals surface area (Å²) in [6.45, 7) is 1.88. The zero-order valence-corrected chi connectivity index (χ0v) is 14.4. The Morgan fingerprint density at radius 3 is 2.88 bits per heavy atom. The van der Waals surface area contributed by atoms with Gasteiger partial charge in [-0.05, 0) is 31.2 Å². The maximum absolute atomic E-state index is 13.1. The molecule has 26 heavy (non-hydrogen) atoms. The normalized spacial score (nSPS) is 11.8. The van der Waals surface area contributed by atoms with Crippen molar-refractivity contribution < 1.29 is 18.3 Å². The van der Waals surface area contributed by atoms with Gasteiger partial charge >= 0.3 is 0 Å². The van der Waals surface area contributed by atoms with E-state index in [9.17, 15) is 9.18 Å². The number of oxazole rings is 1. The molecule has 1 aromatic carbocycles. The standard InChI is InChI=1S/C19H18FN3O3/c1-13(16-8-3-4-9-21-16)23(2)19(24)17-11-26-18(22-17)12-25-15-7-5-6-14(20)10-15/h3-11,13H,12H2,1-2H3/t13-/m0/s1. The van der Waals surface area contributed by atoms with Gasteiger partial charge in [-0.3, -0.25) is 9.78 Å². The van der Waals surface area contributed by atoms with Gasteiger partial charge in [0.05, 0.1) is 11.7 Å². The number of pyridine rings is 1. The first-order valence-electron chi connectivity index (χ1n) is 8.05. The number of hydrogen-bond acceptors (Lipinski definition) is 5. The van der Waals surface area contributed by atoms with Crippen LogP contribution >= 0.6 is 0 Å². The maximum atomic E-state index is 13.1. The molecule has 3 rings (SSSR count). The minimum atomic E-state index is -0.393. The molecule has 2 aromatic heterocycles. The minimum Gasteiger partial charge on any atom is -0.484 e. The van der Waals surface area contributed by atoms with E-state index in [1.165, 1.54) is 23.3 Å². The van der Waals surface area contributed by atoms with E-state index < -0.39 is 5.82 Å². The first-order chi connectivity index (χ1) is 12.5. The van der Waals surface area contributed by atoms with Gasteiger partial charge in [-0.25, -0.2) is 9.37 Å². The van der Waals surface area contributed by atoms with E-state index in [2.05, 4.69) is 9.97 Å². The number of carbonyl (C=O) groups is 1. The highest BCUT2D eigenvalue weighted by Gasteiger charge is 2.22. The van der Waals surface area contributed by atoms with E-state index in [0.29, 0.717) is 5.75 Å². The number of carbonyl (C=O) groups excluding carboxylic acids is 1. The SMILES string of the molecule is C[C@@H](c1ccccn1)N(C)C(=O)c1coc(COc2cccc(F)c2)n1. The molecule has 6 nitrogen and oxygen atoms in total. The van der Waals surface area contributed by atoms with Crippen molar-refractivity contribution in [2.75, 3.05) is 7.05 Å². The molecule has 0 fully saturated rings. The van der Waals surface area contributed by atoms with Gasteiger partial charge in [-0.2, -0.15) is 0 Å². The van der Waals surface area contributed by atoms with Crippen molar-refractivity contribution in [1.82, 2.24) is 14.9 Å². The van der Waals surface area contributed by atoms with Crippen LogP contribution in [0.4, 0.5) is 4.39 Å². The summed E-state index contributed by atoms with van der Waals surface area (Å²) in [7, 11) is 1.68. The Hall–Kier alpha value is -3.22. The van der Waals surface area contributed by atoms with Gasteiger partial charge in [0.2, 0.25) is 5.89 Å². The summed E-state index contributed by atoms with van der Waals surface area (Å²) in [5, 5.41) is 0. The molecule has 3 aromatic rings. The second-order valence-electron chi connectivity index (χ2n) is 5.72. The van der Waals surface area contributed by atoms with Crippen LogP contribution in [0.1, 0.15) is 35.0 Å². The molecular weight excluding hydrogens is 337 g/mol. The molecule has 0 aliphatic heterocycles. The topological polar surface area (TPSA) is 68.5 Å². The summed E-state index contributed by atoms with van der Waals surface area (Å²) in [5.41, 5.74) is 0.953. The predicted octanol–water partition coefficient (Wildman–Crippen LogP) is 3.62. The van der Waals surface area contributed by atoms with E-state index in [4.69, 9.17) is 9.15 Å². The molecule has 0 bridgehead atoms. The molecule has 0 radical (unpaired) electrons. The van der Waals surface area contributed by atoms with Crippen molar-refractivity contribution in [3.05, 3.63) is 78.0 Å². The van der Waals surface area contributed by atoms with Crippen LogP contribution in [0.3, 0.4) is 0 Å². The summed E-state index contributed by atoms with van der Waals surface area (Å²) in [5.74, 6) is -0.0896. The number of rotatable bonds is 6. The lowest BCUT2D eigenvalue weighted by Gasteiger charge is -2.23. The molecule has 2 heterocycles. The lowest BCUT2D eigenvalue weighted by Crippen LogP contribution is -2.30. The monoisotopic (exact) mass is 355 g/mol. The van der Waals surface area contributed by atoms with Gasteiger partial charge in [-0.15, -0.1) is 0 Å². The van der Waals surface area contributed by atoms with Crippen molar-refractivity contribution >= 4 is 5.91 Å². The number of hydrogen-bond donors (Lipinski definition) is 0. The summed E-state index contributed by atoms with van der Waals surface area (Å²) in [6.07, 6.45) is 2.97. The summed E-state index contributed by atoms with van der Waals surface area (Å²) in [6, 6.07) is 11.1. The van der Waals surface area contributed by atoms with Crippen LogP contribution in [0, 0.1) is 5.82 Å². The van der Waals surface area contributed by atoms with Crippen LogP contribution in [0.5, 0.6) is 5.75 Å². The summed E-state index contributed by atoms with van der Waals surface area (Å²) >= 11 is 0. The molecule has 0 aliphatic carbocycles. The number of benzene rings is 1. The molecule has 0 saturated carbocycles. The van der Waals surface area contributed by atoms with E-state index in [-0.39, 0.29) is 30.1 Å². The number of halogens is 1. The van der Waals surface area contributed by atoms with Crippen molar-refractivity contribution in [3.8, 4) is 5.75 Å². The quantitative estimate of drug-likeness (QED) is 0.675. The first-order valence-corrected chi connectivity index (χ1v) is 8.05. The van der Waals surface area contributed by atoms with Crippen molar-refractivity contribution in [1.29, 1.82) is 0 Å². The Balaban J connectivity index is 1.64. The Bertz CT molecular complexity index is 883. The molecule has 0 saturated heterocycles. The molecule has 1 atom stereocenters. The van der Waals surface area contributed by atoms with Crippen LogP contribution in [0.25, 0.3) is 0 Å². The summed E-state index contributed by atoms with van der Waals surface area (Å²) < 4.78 is 23.8. The first kappa shape index (κ1) is 17.6. The highest BCUT2D eigenvalue weighted by molar-refractivity contribution is 5.92. The third-order valence-corrected chi connectivity index (χ3v) is 3.95. The smallest absolute Gasteiger partial charge is 0.276 e. The lowest BCUT2D eigenvalue weighted by molar-refractivity contribution is 0.0733. The lowest BCUT2D eigenvalue weighted by atomic mass is 10.2. The van der Waals surface area contributed by atoms with Gasteiger partial charge < -0.3 is 14.1 Å². The molecule has 0 unspecified atom stereocenters. The Labute approximate surface area is 150 Å². The van der Waals surface area contributed by atoms with Crippen LogP contribution in [-0.4, -0.2) is 27.8 Å². The van der Waals surface area contributed by atoms with Gasteiger partial charge in [0.15, 0.2) is 12.3 Å². The molecule has 0 spiro atoms. The van der Waals surface area contributed by atoms with Crippen LogP contribution in [-0.2, 0) is 6.61 Å². The highest BCUT2D eigenvalue weighted by Crippen LogP contribution is 2.19. The average Bonchev–Trinajstić information content (AvgIpc) is 3.14.